The zero-order valence-electron chi connectivity index (χ0n) is 14.4. The molecule has 0 atom stereocenters. The lowest BCUT2D eigenvalue weighted by atomic mass is 10.0. The van der Waals surface area contributed by atoms with Crippen LogP contribution in [0.15, 0.2) is 48.5 Å². The van der Waals surface area contributed by atoms with E-state index in [4.69, 9.17) is 4.74 Å². The monoisotopic (exact) mass is 343 g/mol. The third-order valence-electron chi connectivity index (χ3n) is 3.94. The minimum Gasteiger partial charge on any atom is -0.484 e. The smallest absolute Gasteiger partial charge is 0.258 e. The highest BCUT2D eigenvalue weighted by atomic mass is 19.1. The predicted octanol–water partition coefficient (Wildman–Crippen LogP) is 3.74. The molecule has 2 rings (SSSR count). The van der Waals surface area contributed by atoms with Crippen molar-refractivity contribution in [3.63, 3.8) is 0 Å². The Bertz CT molecular complexity index is 707. The van der Waals surface area contributed by atoms with Crippen LogP contribution in [-0.2, 0) is 4.79 Å². The number of hydrogen-bond acceptors (Lipinski definition) is 3. The summed E-state index contributed by atoms with van der Waals surface area (Å²) in [4.78, 5) is 24.1. The fourth-order valence-electron chi connectivity index (χ4n) is 2.38. The topological polar surface area (TPSA) is 55.4 Å². The van der Waals surface area contributed by atoms with E-state index in [-0.39, 0.29) is 30.2 Å². The zero-order valence-corrected chi connectivity index (χ0v) is 14.4. The highest BCUT2D eigenvalue weighted by molar-refractivity contribution is 6.09. The van der Waals surface area contributed by atoms with Crippen LogP contribution < -0.4 is 10.1 Å². The Labute approximate surface area is 147 Å². The number of carbonyl (C=O) groups is 2. The summed E-state index contributed by atoms with van der Waals surface area (Å²) in [7, 11) is 0. The third-order valence-corrected chi connectivity index (χ3v) is 3.94. The first-order valence-electron chi connectivity index (χ1n) is 8.36. The summed E-state index contributed by atoms with van der Waals surface area (Å²) < 4.78 is 18.4. The van der Waals surface area contributed by atoms with Gasteiger partial charge in [-0.1, -0.05) is 13.8 Å². The molecule has 0 aromatic heterocycles. The van der Waals surface area contributed by atoms with E-state index >= 15 is 0 Å². The van der Waals surface area contributed by atoms with Gasteiger partial charge in [-0.3, -0.25) is 9.59 Å². The second-order valence-corrected chi connectivity index (χ2v) is 5.73. The lowest BCUT2D eigenvalue weighted by Gasteiger charge is -2.15. The standard InChI is InChI=1S/C20H22FNO3/c1-3-17(4-2)22-19(23)13-25-18-11-7-15(8-12-18)20(24)14-5-9-16(21)10-6-14/h5-12,17H,3-4,13H2,1-2H3,(H,22,23). The average molecular weight is 343 g/mol. The summed E-state index contributed by atoms with van der Waals surface area (Å²) in [5, 5.41) is 2.89. The minimum absolute atomic E-state index is 0.0677. The number of rotatable bonds is 8. The van der Waals surface area contributed by atoms with Crippen LogP contribution in [0.3, 0.4) is 0 Å². The van der Waals surface area contributed by atoms with Crippen LogP contribution >= 0.6 is 0 Å². The van der Waals surface area contributed by atoms with Crippen LogP contribution in [0.1, 0.15) is 42.6 Å². The molecular formula is C20H22FNO3. The lowest BCUT2D eigenvalue weighted by molar-refractivity contribution is -0.123. The van der Waals surface area contributed by atoms with E-state index < -0.39 is 0 Å². The normalized spacial score (nSPS) is 10.6. The number of carbonyl (C=O) groups excluding carboxylic acids is 2. The summed E-state index contributed by atoms with van der Waals surface area (Å²) in [5.74, 6) is -0.236. The Morgan fingerprint density at radius 3 is 2.00 bits per heavy atom. The molecular weight excluding hydrogens is 321 g/mol. The molecule has 132 valence electrons. The molecule has 0 bridgehead atoms. The first kappa shape index (κ1) is 18.6. The average Bonchev–Trinajstić information content (AvgIpc) is 2.65. The maximum atomic E-state index is 12.9. The first-order chi connectivity index (χ1) is 12.0. The van der Waals surface area contributed by atoms with E-state index in [9.17, 15) is 14.0 Å². The summed E-state index contributed by atoms with van der Waals surface area (Å²) in [6.45, 7) is 3.97. The molecule has 5 heteroatoms. The third kappa shape index (κ3) is 5.41. The van der Waals surface area contributed by atoms with Gasteiger partial charge in [0.2, 0.25) is 0 Å². The summed E-state index contributed by atoms with van der Waals surface area (Å²) in [5.41, 5.74) is 0.889. The molecule has 0 aliphatic rings. The Morgan fingerprint density at radius 2 is 1.48 bits per heavy atom. The lowest BCUT2D eigenvalue weighted by Crippen LogP contribution is -2.37. The number of halogens is 1. The van der Waals surface area contributed by atoms with E-state index in [1.165, 1.54) is 24.3 Å². The van der Waals surface area contributed by atoms with Crippen molar-refractivity contribution >= 4 is 11.7 Å². The maximum absolute atomic E-state index is 12.9. The van der Waals surface area contributed by atoms with Gasteiger partial charge in [0.25, 0.3) is 5.91 Å². The number of ketones is 1. The molecule has 0 spiro atoms. The molecule has 1 amide bonds. The Kier molecular flexibility index (Phi) is 6.69. The van der Waals surface area contributed by atoms with Crippen LogP contribution in [0.5, 0.6) is 5.75 Å². The SMILES string of the molecule is CCC(CC)NC(=O)COc1ccc(C(=O)c2ccc(F)cc2)cc1. The van der Waals surface area contributed by atoms with Gasteiger partial charge in [0.05, 0.1) is 0 Å². The summed E-state index contributed by atoms with van der Waals surface area (Å²) >= 11 is 0. The molecule has 25 heavy (non-hydrogen) atoms. The fourth-order valence-corrected chi connectivity index (χ4v) is 2.38. The van der Waals surface area contributed by atoms with Crippen LogP contribution in [0.2, 0.25) is 0 Å². The van der Waals surface area contributed by atoms with Gasteiger partial charge >= 0.3 is 0 Å². The molecule has 0 aliphatic heterocycles. The number of benzene rings is 2. The van der Waals surface area contributed by atoms with E-state index in [1.807, 2.05) is 13.8 Å². The number of ether oxygens (including phenoxy) is 1. The van der Waals surface area contributed by atoms with Crippen molar-refractivity contribution in [3.05, 3.63) is 65.5 Å². The molecule has 1 N–H and O–H groups in total. The van der Waals surface area contributed by atoms with Gasteiger partial charge in [-0.05, 0) is 61.4 Å². The molecule has 0 fully saturated rings. The second kappa shape index (κ2) is 8.97. The number of nitrogens with one attached hydrogen (secondary N) is 1. The van der Waals surface area contributed by atoms with Crippen LogP contribution in [-0.4, -0.2) is 24.3 Å². The molecule has 0 saturated heterocycles. The minimum atomic E-state index is -0.382. The van der Waals surface area contributed by atoms with Crippen molar-refractivity contribution in [2.75, 3.05) is 6.61 Å². The molecule has 0 saturated carbocycles. The van der Waals surface area contributed by atoms with Gasteiger partial charge in [-0.15, -0.1) is 0 Å². The van der Waals surface area contributed by atoms with Gasteiger partial charge in [0.15, 0.2) is 12.4 Å². The van der Waals surface area contributed by atoms with E-state index in [0.29, 0.717) is 16.9 Å². The number of hydrogen-bond donors (Lipinski definition) is 1. The Morgan fingerprint density at radius 1 is 0.960 bits per heavy atom. The van der Waals surface area contributed by atoms with Gasteiger partial charge in [0, 0.05) is 17.2 Å². The van der Waals surface area contributed by atoms with E-state index in [0.717, 1.165) is 12.8 Å². The van der Waals surface area contributed by atoms with Gasteiger partial charge in [-0.25, -0.2) is 4.39 Å². The quantitative estimate of drug-likeness (QED) is 0.743. The molecule has 0 radical (unpaired) electrons. The zero-order chi connectivity index (χ0) is 18.2. The van der Waals surface area contributed by atoms with Crippen molar-refractivity contribution in [1.82, 2.24) is 5.32 Å². The largest absolute Gasteiger partial charge is 0.484 e. The Balaban J connectivity index is 1.92. The molecule has 0 unspecified atom stereocenters. The summed E-state index contributed by atoms with van der Waals surface area (Å²) in [6, 6.07) is 12.1. The van der Waals surface area contributed by atoms with Crippen molar-refractivity contribution in [2.45, 2.75) is 32.7 Å². The van der Waals surface area contributed by atoms with Crippen molar-refractivity contribution in [2.24, 2.45) is 0 Å². The van der Waals surface area contributed by atoms with Gasteiger partial charge in [0.1, 0.15) is 11.6 Å². The van der Waals surface area contributed by atoms with Crippen LogP contribution in [0.4, 0.5) is 4.39 Å². The van der Waals surface area contributed by atoms with Crippen molar-refractivity contribution in [3.8, 4) is 5.75 Å². The fraction of sp³-hybridized carbons (Fsp3) is 0.300. The van der Waals surface area contributed by atoms with Crippen LogP contribution in [0.25, 0.3) is 0 Å². The van der Waals surface area contributed by atoms with Gasteiger partial charge in [-0.2, -0.15) is 0 Å². The molecule has 4 nitrogen and oxygen atoms in total. The highest BCUT2D eigenvalue weighted by Gasteiger charge is 2.11. The van der Waals surface area contributed by atoms with Crippen LogP contribution in [0, 0.1) is 5.82 Å². The molecule has 2 aromatic carbocycles. The summed E-state index contributed by atoms with van der Waals surface area (Å²) in [6.07, 6.45) is 1.75. The van der Waals surface area contributed by atoms with Gasteiger partial charge < -0.3 is 10.1 Å². The van der Waals surface area contributed by atoms with Crippen molar-refractivity contribution < 1.29 is 18.7 Å². The first-order valence-corrected chi connectivity index (χ1v) is 8.36. The molecule has 2 aromatic rings. The van der Waals surface area contributed by atoms with Crippen molar-refractivity contribution in [1.29, 1.82) is 0 Å². The highest BCUT2D eigenvalue weighted by Crippen LogP contribution is 2.16. The predicted molar refractivity (Wildman–Crippen MR) is 94.3 cm³/mol. The number of amides is 1. The van der Waals surface area contributed by atoms with E-state index in [2.05, 4.69) is 5.32 Å². The molecule has 0 heterocycles. The molecule has 0 aliphatic carbocycles. The second-order valence-electron chi connectivity index (χ2n) is 5.73. The Hall–Kier alpha value is -2.69. The maximum Gasteiger partial charge on any atom is 0.258 e. The van der Waals surface area contributed by atoms with E-state index in [1.54, 1.807) is 24.3 Å².